The molecule has 0 aliphatic carbocycles. The van der Waals surface area contributed by atoms with Crippen molar-refractivity contribution >= 4 is 16.9 Å². The standard InChI is InChI=1S/C16H22N4O/c1-4-15(21)20-9-5-6-12(10-20)14-8-7-13-11(2)18-19(3)16(13)17-14/h7-8,12H,4-6,9-10H2,1-3H3/t12-/m1/s1. The molecule has 0 saturated carbocycles. The average molecular weight is 286 g/mol. The molecule has 1 amide bonds. The van der Waals surface area contributed by atoms with Gasteiger partial charge in [-0.2, -0.15) is 5.10 Å². The van der Waals surface area contributed by atoms with Crippen molar-refractivity contribution in [3.63, 3.8) is 0 Å². The third-order valence-electron chi connectivity index (χ3n) is 4.39. The first-order valence-corrected chi connectivity index (χ1v) is 7.68. The first-order valence-electron chi connectivity index (χ1n) is 7.68. The molecule has 3 heterocycles. The molecule has 112 valence electrons. The number of amides is 1. The number of rotatable bonds is 2. The zero-order chi connectivity index (χ0) is 15.0. The van der Waals surface area contributed by atoms with Crippen LogP contribution in [0.25, 0.3) is 11.0 Å². The van der Waals surface area contributed by atoms with Crippen molar-refractivity contribution in [1.29, 1.82) is 0 Å². The highest BCUT2D eigenvalue weighted by Crippen LogP contribution is 2.28. The summed E-state index contributed by atoms with van der Waals surface area (Å²) in [5, 5.41) is 5.53. The smallest absolute Gasteiger partial charge is 0.222 e. The minimum Gasteiger partial charge on any atom is -0.342 e. The van der Waals surface area contributed by atoms with Crippen LogP contribution in [0.4, 0.5) is 0 Å². The van der Waals surface area contributed by atoms with Crippen LogP contribution in [0.15, 0.2) is 12.1 Å². The lowest BCUT2D eigenvalue weighted by Crippen LogP contribution is -2.38. The highest BCUT2D eigenvalue weighted by molar-refractivity contribution is 5.78. The maximum atomic E-state index is 11.9. The van der Waals surface area contributed by atoms with Crippen molar-refractivity contribution in [2.24, 2.45) is 7.05 Å². The van der Waals surface area contributed by atoms with E-state index in [1.54, 1.807) is 0 Å². The van der Waals surface area contributed by atoms with Crippen LogP contribution < -0.4 is 0 Å². The van der Waals surface area contributed by atoms with Crippen molar-refractivity contribution in [2.75, 3.05) is 13.1 Å². The second kappa shape index (κ2) is 5.47. The Labute approximate surface area is 125 Å². The van der Waals surface area contributed by atoms with Crippen molar-refractivity contribution in [3.05, 3.63) is 23.5 Å². The number of hydrogen-bond donors (Lipinski definition) is 0. The Morgan fingerprint density at radius 3 is 3.00 bits per heavy atom. The molecule has 0 aromatic carbocycles. The number of aromatic nitrogens is 3. The summed E-state index contributed by atoms with van der Waals surface area (Å²) < 4.78 is 1.84. The number of nitrogens with zero attached hydrogens (tertiary/aromatic N) is 4. The van der Waals surface area contributed by atoms with Gasteiger partial charge in [0.1, 0.15) is 0 Å². The largest absolute Gasteiger partial charge is 0.342 e. The van der Waals surface area contributed by atoms with Crippen molar-refractivity contribution in [3.8, 4) is 0 Å². The monoisotopic (exact) mass is 286 g/mol. The minimum atomic E-state index is 0.247. The van der Waals surface area contributed by atoms with E-state index in [2.05, 4.69) is 17.2 Å². The Bertz CT molecular complexity index is 676. The van der Waals surface area contributed by atoms with Crippen LogP contribution >= 0.6 is 0 Å². The fraction of sp³-hybridized carbons (Fsp3) is 0.562. The lowest BCUT2D eigenvalue weighted by atomic mass is 9.94. The molecule has 5 heteroatoms. The molecule has 1 aliphatic rings. The Morgan fingerprint density at radius 2 is 2.24 bits per heavy atom. The fourth-order valence-electron chi connectivity index (χ4n) is 3.21. The number of carbonyl (C=O) groups is 1. The molecule has 0 bridgehead atoms. The zero-order valence-electron chi connectivity index (χ0n) is 13.0. The van der Waals surface area contributed by atoms with Gasteiger partial charge in [-0.05, 0) is 31.9 Å². The number of hydrogen-bond acceptors (Lipinski definition) is 3. The van der Waals surface area contributed by atoms with Crippen LogP contribution in [-0.2, 0) is 11.8 Å². The Morgan fingerprint density at radius 1 is 1.43 bits per heavy atom. The minimum absolute atomic E-state index is 0.247. The van der Waals surface area contributed by atoms with Gasteiger partial charge in [0.15, 0.2) is 5.65 Å². The molecular formula is C16H22N4O. The quantitative estimate of drug-likeness (QED) is 0.851. The van der Waals surface area contributed by atoms with Gasteiger partial charge in [0.05, 0.1) is 5.69 Å². The van der Waals surface area contributed by atoms with Crippen molar-refractivity contribution in [1.82, 2.24) is 19.7 Å². The predicted molar refractivity (Wildman–Crippen MR) is 82.1 cm³/mol. The Balaban J connectivity index is 1.89. The molecule has 21 heavy (non-hydrogen) atoms. The predicted octanol–water partition coefficient (Wildman–Crippen LogP) is 2.39. The van der Waals surface area contributed by atoms with Gasteiger partial charge in [0.2, 0.25) is 5.91 Å². The van der Waals surface area contributed by atoms with E-state index in [-0.39, 0.29) is 5.91 Å². The van der Waals surface area contributed by atoms with Gasteiger partial charge in [-0.25, -0.2) is 4.98 Å². The average Bonchev–Trinajstić information content (AvgIpc) is 2.81. The van der Waals surface area contributed by atoms with E-state index in [0.29, 0.717) is 12.3 Å². The lowest BCUT2D eigenvalue weighted by molar-refractivity contribution is -0.132. The number of pyridine rings is 1. The van der Waals surface area contributed by atoms with Crippen LogP contribution in [0, 0.1) is 6.92 Å². The van der Waals surface area contributed by atoms with E-state index in [1.165, 1.54) is 0 Å². The van der Waals surface area contributed by atoms with Gasteiger partial charge < -0.3 is 4.90 Å². The van der Waals surface area contributed by atoms with E-state index in [0.717, 1.165) is 48.4 Å². The van der Waals surface area contributed by atoms with Crippen LogP contribution in [0.5, 0.6) is 0 Å². The molecule has 5 nitrogen and oxygen atoms in total. The molecule has 0 radical (unpaired) electrons. The van der Waals surface area contributed by atoms with Gasteiger partial charge in [-0.15, -0.1) is 0 Å². The van der Waals surface area contributed by atoms with E-state index >= 15 is 0 Å². The molecule has 0 spiro atoms. The van der Waals surface area contributed by atoms with Gasteiger partial charge >= 0.3 is 0 Å². The maximum Gasteiger partial charge on any atom is 0.222 e. The summed E-state index contributed by atoms with van der Waals surface area (Å²) in [7, 11) is 1.93. The summed E-state index contributed by atoms with van der Waals surface area (Å²) in [6.45, 7) is 5.61. The van der Waals surface area contributed by atoms with Crippen LogP contribution in [-0.4, -0.2) is 38.7 Å². The Hall–Kier alpha value is -1.91. The normalized spacial score (nSPS) is 19.2. The third-order valence-corrected chi connectivity index (χ3v) is 4.39. The molecule has 1 fully saturated rings. The van der Waals surface area contributed by atoms with Crippen LogP contribution in [0.3, 0.4) is 0 Å². The summed E-state index contributed by atoms with van der Waals surface area (Å²) >= 11 is 0. The molecule has 0 N–H and O–H groups in total. The lowest BCUT2D eigenvalue weighted by Gasteiger charge is -2.32. The van der Waals surface area contributed by atoms with Gasteiger partial charge in [-0.3, -0.25) is 9.48 Å². The number of fused-ring (bicyclic) bond motifs is 1. The topological polar surface area (TPSA) is 51.0 Å². The first-order chi connectivity index (χ1) is 10.1. The van der Waals surface area contributed by atoms with E-state index < -0.39 is 0 Å². The maximum absolute atomic E-state index is 11.9. The number of aryl methyl sites for hydroxylation is 2. The second-order valence-corrected chi connectivity index (χ2v) is 5.85. The van der Waals surface area contributed by atoms with Gasteiger partial charge in [0, 0.05) is 43.6 Å². The second-order valence-electron chi connectivity index (χ2n) is 5.85. The molecule has 1 atom stereocenters. The fourth-order valence-corrected chi connectivity index (χ4v) is 3.21. The molecular weight excluding hydrogens is 264 g/mol. The molecule has 1 saturated heterocycles. The summed E-state index contributed by atoms with van der Waals surface area (Å²) in [6.07, 6.45) is 2.74. The highest BCUT2D eigenvalue weighted by Gasteiger charge is 2.25. The summed E-state index contributed by atoms with van der Waals surface area (Å²) in [5.41, 5.74) is 3.03. The SMILES string of the molecule is CCC(=O)N1CCC[C@@H](c2ccc3c(C)nn(C)c3n2)C1. The molecule has 2 aromatic heterocycles. The number of carbonyl (C=O) groups excluding carboxylic acids is 1. The van der Waals surface area contributed by atoms with Crippen molar-refractivity contribution < 1.29 is 4.79 Å². The molecule has 0 unspecified atom stereocenters. The highest BCUT2D eigenvalue weighted by atomic mass is 16.2. The summed E-state index contributed by atoms with van der Waals surface area (Å²) in [5.74, 6) is 0.589. The first kappa shape index (κ1) is 14.0. The van der Waals surface area contributed by atoms with E-state index in [9.17, 15) is 4.79 Å². The number of piperidine rings is 1. The molecule has 2 aromatic rings. The number of likely N-dealkylation sites (tertiary alicyclic amines) is 1. The van der Waals surface area contributed by atoms with Gasteiger partial charge in [0.25, 0.3) is 0 Å². The van der Waals surface area contributed by atoms with Crippen molar-refractivity contribution in [2.45, 2.75) is 39.0 Å². The zero-order valence-corrected chi connectivity index (χ0v) is 13.0. The van der Waals surface area contributed by atoms with Gasteiger partial charge in [-0.1, -0.05) is 6.92 Å². The van der Waals surface area contributed by atoms with E-state index in [4.69, 9.17) is 4.98 Å². The molecule has 3 rings (SSSR count). The van der Waals surface area contributed by atoms with Crippen LogP contribution in [0.1, 0.15) is 43.5 Å². The Kier molecular flexibility index (Phi) is 3.66. The van der Waals surface area contributed by atoms with E-state index in [1.807, 2.05) is 30.5 Å². The summed E-state index contributed by atoms with van der Waals surface area (Å²) in [6, 6.07) is 4.21. The van der Waals surface area contributed by atoms with Crippen LogP contribution in [0.2, 0.25) is 0 Å². The summed E-state index contributed by atoms with van der Waals surface area (Å²) in [4.78, 5) is 18.7. The molecule has 1 aliphatic heterocycles. The third kappa shape index (κ3) is 2.52.